The van der Waals surface area contributed by atoms with Crippen molar-refractivity contribution in [3.05, 3.63) is 53.6 Å². The van der Waals surface area contributed by atoms with Crippen molar-refractivity contribution in [2.75, 3.05) is 7.11 Å². The van der Waals surface area contributed by atoms with Gasteiger partial charge in [-0.1, -0.05) is 32.9 Å². The molecule has 24 heavy (non-hydrogen) atoms. The molecular weight excluding hydrogens is 381 g/mol. The van der Waals surface area contributed by atoms with E-state index in [1.54, 1.807) is 13.3 Å². The van der Waals surface area contributed by atoms with E-state index in [2.05, 4.69) is 25.8 Å². The number of hydrogen-bond acceptors (Lipinski definition) is 3. The molecule has 0 aromatic heterocycles. The van der Waals surface area contributed by atoms with Gasteiger partial charge >= 0.3 is 35.6 Å². The molecule has 2 rings (SSSR count). The zero-order chi connectivity index (χ0) is 18.2. The van der Waals surface area contributed by atoms with Crippen molar-refractivity contribution in [1.82, 2.24) is 0 Å². The Morgan fingerprint density at radius 2 is 1.67 bits per heavy atom. The molecule has 0 aliphatic carbocycles. The Labute approximate surface area is 160 Å². The zero-order valence-electron chi connectivity index (χ0n) is 14.2. The van der Waals surface area contributed by atoms with Crippen LogP contribution in [-0.4, -0.2) is 18.4 Å². The molecule has 0 fully saturated rings. The Bertz CT molecular complexity index is 668. The molecule has 0 aliphatic rings. The summed E-state index contributed by atoms with van der Waals surface area (Å²) in [6.07, 6.45) is 1.69. The van der Waals surface area contributed by atoms with Crippen molar-refractivity contribution in [2.45, 2.75) is 26.2 Å². The number of aromatic hydroxyl groups is 1. The minimum absolute atomic E-state index is 0.103. The fraction of sp³-hybridized carbons (Fsp3) is 0.278. The monoisotopic (exact) mass is 401 g/mol. The summed E-state index contributed by atoms with van der Waals surface area (Å²) in [5, 5.41) is 10.4. The second-order valence-electron chi connectivity index (χ2n) is 6.02. The van der Waals surface area contributed by atoms with Crippen molar-refractivity contribution in [3.8, 4) is 11.5 Å². The molecule has 0 unspecified atom stereocenters. The number of halogens is 2. The van der Waals surface area contributed by atoms with E-state index in [9.17, 15) is 5.11 Å². The van der Waals surface area contributed by atoms with E-state index in [-0.39, 0.29) is 5.41 Å². The van der Waals surface area contributed by atoms with Crippen LogP contribution in [0.2, 0.25) is 0 Å². The quantitative estimate of drug-likeness (QED) is 0.519. The normalized spacial score (nSPS) is 10.9. The average molecular weight is 402 g/mol. The van der Waals surface area contributed by atoms with Gasteiger partial charge in [0.2, 0.25) is 0 Å². The molecular formula is C18H21Cl2NO2Ti. The summed E-state index contributed by atoms with van der Waals surface area (Å²) in [6, 6.07) is 13.2. The first-order chi connectivity index (χ1) is 11.3. The predicted molar refractivity (Wildman–Crippen MR) is 98.8 cm³/mol. The predicted octanol–water partition coefficient (Wildman–Crippen LogP) is 5.83. The van der Waals surface area contributed by atoms with Crippen molar-refractivity contribution in [3.63, 3.8) is 0 Å². The number of rotatable bonds is 3. The first kappa shape index (κ1) is 21.0. The standard InChI is InChI=1S/C18H21NO2.2ClH.Ti/c1-18(2,3)16-7-5-6-13(17(16)20)12-19-14-8-10-15(21-4)11-9-14;;;/h5-12,20H,1-4H3;2*1H;/q;;;+2/p-2. The topological polar surface area (TPSA) is 41.8 Å². The Hall–Kier alpha value is -0.996. The molecule has 2 aromatic carbocycles. The summed E-state index contributed by atoms with van der Waals surface area (Å²) in [5.74, 6) is 1.09. The van der Waals surface area contributed by atoms with Crippen LogP contribution in [0, 0.1) is 0 Å². The molecule has 0 spiro atoms. The summed E-state index contributed by atoms with van der Waals surface area (Å²) in [7, 11) is 11.4. The number of methoxy groups -OCH3 is 1. The Balaban J connectivity index is 0.000000891. The van der Waals surface area contributed by atoms with E-state index in [4.69, 9.17) is 23.3 Å². The molecule has 0 saturated heterocycles. The van der Waals surface area contributed by atoms with Gasteiger partial charge in [0.05, 0.1) is 12.8 Å². The number of aliphatic imine (C=N–C) groups is 1. The number of nitrogens with zero attached hydrogens (tertiary/aromatic N) is 1. The van der Waals surface area contributed by atoms with Crippen LogP contribution in [0.3, 0.4) is 0 Å². The zero-order valence-corrected chi connectivity index (χ0v) is 17.3. The Kier molecular flexibility index (Phi) is 8.86. The number of phenolic OH excluding ortho intramolecular Hbond substituents is 1. The van der Waals surface area contributed by atoms with Gasteiger partial charge in [-0.15, -0.1) is 0 Å². The van der Waals surface area contributed by atoms with E-state index in [0.717, 1.165) is 22.6 Å². The first-order valence-corrected chi connectivity index (χ1v) is 11.6. The van der Waals surface area contributed by atoms with Crippen molar-refractivity contribution < 1.29 is 26.9 Å². The van der Waals surface area contributed by atoms with E-state index in [1.165, 1.54) is 0 Å². The molecule has 3 nitrogen and oxygen atoms in total. The van der Waals surface area contributed by atoms with Crippen LogP contribution in [0.4, 0.5) is 5.69 Å². The maximum absolute atomic E-state index is 10.4. The Morgan fingerprint density at radius 1 is 1.08 bits per heavy atom. The number of benzene rings is 2. The molecule has 0 atom stereocenters. The van der Waals surface area contributed by atoms with Crippen molar-refractivity contribution in [2.24, 2.45) is 4.99 Å². The van der Waals surface area contributed by atoms with E-state index in [1.807, 2.05) is 42.5 Å². The fourth-order valence-corrected chi connectivity index (χ4v) is 2.08. The minimum atomic E-state index is -0.556. The summed E-state index contributed by atoms with van der Waals surface area (Å²) in [5.41, 5.74) is 2.35. The third-order valence-corrected chi connectivity index (χ3v) is 3.30. The van der Waals surface area contributed by atoms with Crippen LogP contribution in [0.5, 0.6) is 11.5 Å². The van der Waals surface area contributed by atoms with Gasteiger partial charge in [0.1, 0.15) is 11.5 Å². The number of para-hydroxylation sites is 1. The summed E-state index contributed by atoms with van der Waals surface area (Å²) in [4.78, 5) is 4.40. The van der Waals surface area contributed by atoms with Gasteiger partial charge in [0, 0.05) is 11.8 Å². The van der Waals surface area contributed by atoms with E-state index < -0.39 is 17.0 Å². The SMILES string of the molecule is COc1ccc(N=Cc2cccc(C(C)(C)C)c2O)cc1.[Cl][Ti][Cl]. The molecule has 0 radical (unpaired) electrons. The summed E-state index contributed by atoms with van der Waals surface area (Å²) >= 11 is -0.556. The molecule has 6 heteroatoms. The third-order valence-electron chi connectivity index (χ3n) is 3.30. The Morgan fingerprint density at radius 3 is 2.17 bits per heavy atom. The van der Waals surface area contributed by atoms with Crippen LogP contribution in [0.25, 0.3) is 0 Å². The van der Waals surface area contributed by atoms with Crippen LogP contribution in [0.1, 0.15) is 31.9 Å². The second kappa shape index (κ2) is 10.1. The molecule has 0 saturated carbocycles. The van der Waals surface area contributed by atoms with Gasteiger partial charge in [-0.05, 0) is 41.3 Å². The molecule has 0 aliphatic heterocycles. The second-order valence-corrected chi connectivity index (χ2v) is 8.60. The fourth-order valence-electron chi connectivity index (χ4n) is 2.08. The summed E-state index contributed by atoms with van der Waals surface area (Å²) in [6.45, 7) is 6.23. The average Bonchev–Trinajstić information content (AvgIpc) is 2.54. The van der Waals surface area contributed by atoms with Crippen LogP contribution in [0.15, 0.2) is 47.5 Å². The molecule has 0 bridgehead atoms. The number of phenols is 1. The van der Waals surface area contributed by atoms with Gasteiger partial charge in [0.15, 0.2) is 0 Å². The van der Waals surface area contributed by atoms with E-state index in [0.29, 0.717) is 5.75 Å². The van der Waals surface area contributed by atoms with Gasteiger partial charge < -0.3 is 9.84 Å². The first-order valence-electron chi connectivity index (χ1n) is 7.30. The van der Waals surface area contributed by atoms with Gasteiger partial charge in [-0.3, -0.25) is 4.99 Å². The molecule has 128 valence electrons. The summed E-state index contributed by atoms with van der Waals surface area (Å²) < 4.78 is 5.11. The van der Waals surface area contributed by atoms with Crippen LogP contribution >= 0.6 is 18.6 Å². The number of ether oxygens (including phenoxy) is 1. The van der Waals surface area contributed by atoms with Crippen LogP contribution in [-0.2, 0) is 22.4 Å². The number of hydrogen-bond donors (Lipinski definition) is 1. The molecule has 2 aromatic rings. The van der Waals surface area contributed by atoms with Crippen molar-refractivity contribution >= 4 is 30.5 Å². The van der Waals surface area contributed by atoms with Gasteiger partial charge in [0.25, 0.3) is 0 Å². The van der Waals surface area contributed by atoms with Crippen molar-refractivity contribution in [1.29, 1.82) is 0 Å². The molecule has 1 N–H and O–H groups in total. The van der Waals surface area contributed by atoms with Crippen LogP contribution < -0.4 is 4.74 Å². The van der Waals surface area contributed by atoms with Gasteiger partial charge in [-0.25, -0.2) is 0 Å². The van der Waals surface area contributed by atoms with E-state index >= 15 is 0 Å². The molecule has 0 amide bonds. The third kappa shape index (κ3) is 6.48. The molecule has 0 heterocycles. The maximum atomic E-state index is 10.4. The van der Waals surface area contributed by atoms with Gasteiger partial charge in [-0.2, -0.15) is 0 Å².